The van der Waals surface area contributed by atoms with Crippen LogP contribution in [0.1, 0.15) is 64.0 Å². The Bertz CT molecular complexity index is 928. The molecular formula is C21H27N5O. The molecule has 0 unspecified atom stereocenters. The van der Waals surface area contributed by atoms with E-state index in [-0.39, 0.29) is 5.91 Å². The van der Waals surface area contributed by atoms with E-state index in [4.69, 9.17) is 0 Å². The average Bonchev–Trinajstić information content (AvgIpc) is 3.23. The number of aryl methyl sites for hydroxylation is 3. The Kier molecular flexibility index (Phi) is 5.44. The number of carbonyl (C=O) groups is 1. The maximum absolute atomic E-state index is 12.5. The van der Waals surface area contributed by atoms with Gasteiger partial charge in [0.1, 0.15) is 11.5 Å². The molecule has 0 fully saturated rings. The van der Waals surface area contributed by atoms with E-state index in [1.807, 2.05) is 6.20 Å². The molecule has 3 rings (SSSR count). The van der Waals surface area contributed by atoms with Crippen molar-refractivity contribution < 1.29 is 4.79 Å². The van der Waals surface area contributed by atoms with Gasteiger partial charge in [0.05, 0.1) is 12.2 Å². The van der Waals surface area contributed by atoms with Crippen molar-refractivity contribution in [2.24, 2.45) is 0 Å². The minimum Gasteiger partial charge on any atom is -0.347 e. The van der Waals surface area contributed by atoms with Crippen molar-refractivity contribution in [1.82, 2.24) is 25.1 Å². The minimum atomic E-state index is -0.174. The van der Waals surface area contributed by atoms with Gasteiger partial charge >= 0.3 is 0 Å². The predicted octanol–water partition coefficient (Wildman–Crippen LogP) is 3.63. The number of amides is 1. The molecule has 142 valence electrons. The molecule has 0 spiro atoms. The first-order valence-electron chi connectivity index (χ1n) is 9.25. The molecule has 2 N–H and O–H groups in total. The number of carbonyl (C=O) groups excluding carboxylic acids is 1. The Hall–Kier alpha value is -2.89. The summed E-state index contributed by atoms with van der Waals surface area (Å²) < 4.78 is 2.07. The molecule has 0 aliphatic heterocycles. The number of aromatic nitrogens is 4. The van der Waals surface area contributed by atoms with E-state index in [0.29, 0.717) is 24.7 Å². The van der Waals surface area contributed by atoms with Crippen LogP contribution in [0, 0.1) is 20.8 Å². The van der Waals surface area contributed by atoms with E-state index >= 15 is 0 Å². The topological polar surface area (TPSA) is 75.6 Å². The highest BCUT2D eigenvalue weighted by atomic mass is 16.1. The third-order valence-corrected chi connectivity index (χ3v) is 4.73. The van der Waals surface area contributed by atoms with Crippen molar-refractivity contribution >= 4 is 5.91 Å². The van der Waals surface area contributed by atoms with Crippen LogP contribution in [-0.2, 0) is 13.1 Å². The summed E-state index contributed by atoms with van der Waals surface area (Å²) in [7, 11) is 0. The summed E-state index contributed by atoms with van der Waals surface area (Å²) in [5.74, 6) is 1.18. The maximum atomic E-state index is 12.5. The van der Waals surface area contributed by atoms with Crippen LogP contribution in [0.5, 0.6) is 0 Å². The lowest BCUT2D eigenvalue weighted by atomic mass is 10.00. The quantitative estimate of drug-likeness (QED) is 0.700. The fourth-order valence-electron chi connectivity index (χ4n) is 3.45. The zero-order valence-corrected chi connectivity index (χ0v) is 16.6. The lowest BCUT2D eigenvalue weighted by Crippen LogP contribution is -2.24. The van der Waals surface area contributed by atoms with Crippen LogP contribution >= 0.6 is 0 Å². The molecule has 6 heteroatoms. The lowest BCUT2D eigenvalue weighted by molar-refractivity contribution is 0.0946. The molecule has 3 aromatic rings. The van der Waals surface area contributed by atoms with Gasteiger partial charge in [-0.15, -0.1) is 0 Å². The van der Waals surface area contributed by atoms with Crippen LogP contribution < -0.4 is 5.32 Å². The Morgan fingerprint density at radius 1 is 1.19 bits per heavy atom. The summed E-state index contributed by atoms with van der Waals surface area (Å²) in [6.07, 6.45) is 3.74. The van der Waals surface area contributed by atoms with Gasteiger partial charge in [-0.25, -0.2) is 4.98 Å². The van der Waals surface area contributed by atoms with Gasteiger partial charge in [-0.1, -0.05) is 31.5 Å². The Labute approximate surface area is 160 Å². The van der Waals surface area contributed by atoms with E-state index in [0.717, 1.165) is 17.1 Å². The molecule has 0 saturated heterocycles. The van der Waals surface area contributed by atoms with Crippen molar-refractivity contribution in [1.29, 1.82) is 0 Å². The number of hydrogen-bond donors (Lipinski definition) is 2. The third-order valence-electron chi connectivity index (χ3n) is 4.73. The van der Waals surface area contributed by atoms with Gasteiger partial charge in [0.15, 0.2) is 0 Å². The molecule has 0 atom stereocenters. The van der Waals surface area contributed by atoms with Gasteiger partial charge in [-0.05, 0) is 43.5 Å². The van der Waals surface area contributed by atoms with E-state index in [9.17, 15) is 4.79 Å². The predicted molar refractivity (Wildman–Crippen MR) is 106 cm³/mol. The summed E-state index contributed by atoms with van der Waals surface area (Å²) >= 11 is 0. The van der Waals surface area contributed by atoms with E-state index in [1.165, 1.54) is 16.7 Å². The second-order valence-corrected chi connectivity index (χ2v) is 7.41. The Balaban J connectivity index is 1.66. The van der Waals surface area contributed by atoms with Gasteiger partial charge < -0.3 is 9.88 Å². The zero-order valence-electron chi connectivity index (χ0n) is 16.6. The molecule has 2 heterocycles. The van der Waals surface area contributed by atoms with Gasteiger partial charge in [0.2, 0.25) is 0 Å². The van der Waals surface area contributed by atoms with Gasteiger partial charge in [0, 0.05) is 24.9 Å². The van der Waals surface area contributed by atoms with Crippen LogP contribution in [0.3, 0.4) is 0 Å². The highest BCUT2D eigenvalue weighted by Gasteiger charge is 2.13. The standard InChI is InChI=1S/C21H27N5O/c1-13(2)20-22-6-7-26(20)12-17-10-19(25-24-17)21(27)23-11-18-15(4)8-14(3)9-16(18)5/h6-10,13H,11-12H2,1-5H3,(H,23,27)(H,24,25). The van der Waals surface area contributed by atoms with Crippen LogP contribution in [0.4, 0.5) is 0 Å². The first-order chi connectivity index (χ1) is 12.8. The minimum absolute atomic E-state index is 0.174. The highest BCUT2D eigenvalue weighted by molar-refractivity contribution is 5.92. The molecule has 2 aromatic heterocycles. The fraction of sp³-hybridized carbons (Fsp3) is 0.381. The van der Waals surface area contributed by atoms with Crippen LogP contribution in [0.2, 0.25) is 0 Å². The molecule has 0 bridgehead atoms. The molecule has 1 aromatic carbocycles. The average molecular weight is 365 g/mol. The number of benzene rings is 1. The van der Waals surface area contributed by atoms with Crippen LogP contribution in [0.25, 0.3) is 0 Å². The summed E-state index contributed by atoms with van der Waals surface area (Å²) in [5.41, 5.74) is 6.05. The molecule has 1 amide bonds. The van der Waals surface area contributed by atoms with Crippen molar-refractivity contribution in [3.05, 3.63) is 70.1 Å². The normalized spacial score (nSPS) is 11.2. The molecule has 0 aliphatic carbocycles. The Morgan fingerprint density at radius 3 is 2.56 bits per heavy atom. The largest absolute Gasteiger partial charge is 0.347 e. The van der Waals surface area contributed by atoms with E-state index in [1.54, 1.807) is 12.3 Å². The zero-order chi connectivity index (χ0) is 19.6. The third kappa shape index (κ3) is 4.27. The fourth-order valence-corrected chi connectivity index (χ4v) is 3.45. The van der Waals surface area contributed by atoms with Gasteiger partial charge in [-0.2, -0.15) is 5.10 Å². The lowest BCUT2D eigenvalue weighted by Gasteiger charge is -2.11. The summed E-state index contributed by atoms with van der Waals surface area (Å²) in [6, 6.07) is 6.07. The van der Waals surface area contributed by atoms with Crippen molar-refractivity contribution in [3.63, 3.8) is 0 Å². The number of imidazole rings is 1. The second kappa shape index (κ2) is 7.78. The maximum Gasteiger partial charge on any atom is 0.272 e. The molecule has 0 aliphatic rings. The number of H-pyrrole nitrogens is 1. The number of aromatic amines is 1. The second-order valence-electron chi connectivity index (χ2n) is 7.41. The molecule has 0 radical (unpaired) electrons. The number of nitrogens with zero attached hydrogens (tertiary/aromatic N) is 3. The summed E-state index contributed by atoms with van der Waals surface area (Å²) in [4.78, 5) is 16.9. The smallest absolute Gasteiger partial charge is 0.272 e. The molecular weight excluding hydrogens is 338 g/mol. The van der Waals surface area contributed by atoms with Gasteiger partial charge in [0.25, 0.3) is 5.91 Å². The summed E-state index contributed by atoms with van der Waals surface area (Å²) in [6.45, 7) is 11.6. The SMILES string of the molecule is Cc1cc(C)c(CNC(=O)c2cc(Cn3ccnc3C(C)C)[nH]n2)c(C)c1. The monoisotopic (exact) mass is 365 g/mol. The summed E-state index contributed by atoms with van der Waals surface area (Å²) in [5, 5.41) is 10.1. The first kappa shape index (κ1) is 18.9. The number of nitrogens with one attached hydrogen (secondary N) is 2. The van der Waals surface area contributed by atoms with Gasteiger partial charge in [-0.3, -0.25) is 9.89 Å². The van der Waals surface area contributed by atoms with E-state index in [2.05, 4.69) is 71.8 Å². The number of rotatable bonds is 6. The first-order valence-corrected chi connectivity index (χ1v) is 9.25. The van der Waals surface area contributed by atoms with Crippen molar-refractivity contribution in [2.75, 3.05) is 0 Å². The number of hydrogen-bond acceptors (Lipinski definition) is 3. The molecule has 6 nitrogen and oxygen atoms in total. The molecule has 27 heavy (non-hydrogen) atoms. The Morgan fingerprint density at radius 2 is 1.89 bits per heavy atom. The van der Waals surface area contributed by atoms with Crippen molar-refractivity contribution in [2.45, 2.75) is 53.6 Å². The molecule has 0 saturated carbocycles. The van der Waals surface area contributed by atoms with Crippen LogP contribution in [0.15, 0.2) is 30.6 Å². The van der Waals surface area contributed by atoms with E-state index < -0.39 is 0 Å². The highest BCUT2D eigenvalue weighted by Crippen LogP contribution is 2.17. The van der Waals surface area contributed by atoms with Crippen LogP contribution in [-0.4, -0.2) is 25.7 Å². The van der Waals surface area contributed by atoms with Crippen molar-refractivity contribution in [3.8, 4) is 0 Å².